The molecule has 1 aliphatic rings. The minimum Gasteiger partial charge on any atom is -0.330 e. The summed E-state index contributed by atoms with van der Waals surface area (Å²) in [7, 11) is 0. The number of nitrogens with two attached hydrogens (primary N) is 1. The fraction of sp³-hybridized carbons (Fsp3) is 0.667. The molecule has 100 valence electrons. The van der Waals surface area contributed by atoms with Crippen LogP contribution in [0.4, 0.5) is 0 Å². The molecule has 1 fully saturated rings. The molecule has 3 atom stereocenters. The van der Waals surface area contributed by atoms with Gasteiger partial charge >= 0.3 is 0 Å². The molecule has 0 aromatic carbocycles. The van der Waals surface area contributed by atoms with E-state index in [9.17, 15) is 0 Å². The van der Waals surface area contributed by atoms with E-state index < -0.39 is 0 Å². The summed E-state index contributed by atoms with van der Waals surface area (Å²) < 4.78 is 0. The summed E-state index contributed by atoms with van der Waals surface area (Å²) in [5.74, 6) is 1.57. The van der Waals surface area contributed by atoms with Crippen LogP contribution in [0.15, 0.2) is 29.4 Å². The Labute approximate surface area is 115 Å². The van der Waals surface area contributed by atoms with Gasteiger partial charge in [0.15, 0.2) is 0 Å². The van der Waals surface area contributed by atoms with Gasteiger partial charge < -0.3 is 5.73 Å². The molecule has 2 rings (SSSR count). The lowest BCUT2D eigenvalue weighted by Gasteiger charge is -2.35. The molecule has 0 bridgehead atoms. The molecule has 0 spiro atoms. The Bertz CT molecular complexity index is 342. The standard InChI is InChI=1S/C15H24N2S/c1-2-5-12-7-8-13(11-16)14(10-12)18-15-6-3-4-9-17-15/h3-4,6,9,12-14H,2,5,7-8,10-11,16H2,1H3. The number of nitrogens with zero attached hydrogens (tertiary/aromatic N) is 1. The van der Waals surface area contributed by atoms with E-state index in [1.807, 2.05) is 24.0 Å². The highest BCUT2D eigenvalue weighted by atomic mass is 32.2. The average Bonchev–Trinajstić information content (AvgIpc) is 2.41. The third kappa shape index (κ3) is 3.72. The van der Waals surface area contributed by atoms with Crippen molar-refractivity contribution in [1.82, 2.24) is 4.98 Å². The maximum absolute atomic E-state index is 5.93. The minimum atomic E-state index is 0.662. The minimum absolute atomic E-state index is 0.662. The van der Waals surface area contributed by atoms with E-state index in [1.165, 1.54) is 32.1 Å². The van der Waals surface area contributed by atoms with Gasteiger partial charge in [0.05, 0.1) is 5.03 Å². The Balaban J connectivity index is 1.98. The van der Waals surface area contributed by atoms with E-state index in [-0.39, 0.29) is 0 Å². The molecule has 3 unspecified atom stereocenters. The largest absolute Gasteiger partial charge is 0.330 e. The first-order chi connectivity index (χ1) is 8.83. The monoisotopic (exact) mass is 264 g/mol. The van der Waals surface area contributed by atoms with Gasteiger partial charge in [0.25, 0.3) is 0 Å². The van der Waals surface area contributed by atoms with Crippen molar-refractivity contribution < 1.29 is 0 Å². The molecular formula is C15H24N2S. The number of hydrogen-bond donors (Lipinski definition) is 1. The van der Waals surface area contributed by atoms with Crippen molar-refractivity contribution in [3.63, 3.8) is 0 Å². The van der Waals surface area contributed by atoms with Crippen molar-refractivity contribution in [1.29, 1.82) is 0 Å². The van der Waals surface area contributed by atoms with Crippen LogP contribution in [-0.2, 0) is 0 Å². The third-order valence-electron chi connectivity index (χ3n) is 3.95. The maximum Gasteiger partial charge on any atom is 0.0962 e. The van der Waals surface area contributed by atoms with E-state index >= 15 is 0 Å². The summed E-state index contributed by atoms with van der Waals surface area (Å²) in [5, 5.41) is 1.81. The number of aromatic nitrogens is 1. The number of pyridine rings is 1. The van der Waals surface area contributed by atoms with Crippen LogP contribution in [0.5, 0.6) is 0 Å². The summed E-state index contributed by atoms with van der Waals surface area (Å²) in [5.41, 5.74) is 5.93. The topological polar surface area (TPSA) is 38.9 Å². The van der Waals surface area contributed by atoms with Gasteiger partial charge in [-0.05, 0) is 43.4 Å². The summed E-state index contributed by atoms with van der Waals surface area (Å²) in [6, 6.07) is 6.16. The van der Waals surface area contributed by atoms with Crippen molar-refractivity contribution in [2.75, 3.05) is 6.54 Å². The first-order valence-electron chi connectivity index (χ1n) is 7.11. The van der Waals surface area contributed by atoms with E-state index in [1.54, 1.807) is 0 Å². The van der Waals surface area contributed by atoms with Gasteiger partial charge in [0, 0.05) is 11.4 Å². The zero-order valence-electron chi connectivity index (χ0n) is 11.2. The summed E-state index contributed by atoms with van der Waals surface area (Å²) >= 11 is 1.94. The first kappa shape index (κ1) is 13.9. The Morgan fingerprint density at radius 3 is 2.94 bits per heavy atom. The maximum atomic E-state index is 5.93. The van der Waals surface area contributed by atoms with Crippen molar-refractivity contribution in [3.8, 4) is 0 Å². The van der Waals surface area contributed by atoms with Crippen LogP contribution in [0.25, 0.3) is 0 Å². The molecule has 1 aromatic rings. The Morgan fingerprint density at radius 2 is 2.28 bits per heavy atom. The number of rotatable bonds is 5. The molecule has 2 N–H and O–H groups in total. The van der Waals surface area contributed by atoms with Crippen LogP contribution in [-0.4, -0.2) is 16.8 Å². The van der Waals surface area contributed by atoms with Crippen molar-refractivity contribution in [2.24, 2.45) is 17.6 Å². The van der Waals surface area contributed by atoms with Gasteiger partial charge in [-0.1, -0.05) is 32.3 Å². The Morgan fingerprint density at radius 1 is 1.39 bits per heavy atom. The Kier molecular flexibility index (Phi) is 5.51. The molecule has 1 heterocycles. The molecule has 0 aliphatic heterocycles. The fourth-order valence-electron chi connectivity index (χ4n) is 2.93. The molecule has 0 radical (unpaired) electrons. The van der Waals surface area contributed by atoms with Crippen molar-refractivity contribution in [2.45, 2.75) is 49.3 Å². The van der Waals surface area contributed by atoms with E-state index in [4.69, 9.17) is 5.73 Å². The first-order valence-corrected chi connectivity index (χ1v) is 7.99. The third-order valence-corrected chi connectivity index (χ3v) is 5.31. The average molecular weight is 264 g/mol. The molecule has 0 amide bonds. The van der Waals surface area contributed by atoms with Crippen LogP contribution in [0.1, 0.15) is 39.0 Å². The SMILES string of the molecule is CCCC1CCC(CN)C(Sc2ccccn2)C1. The van der Waals surface area contributed by atoms with Crippen LogP contribution in [0, 0.1) is 11.8 Å². The molecular weight excluding hydrogens is 240 g/mol. The summed E-state index contributed by atoms with van der Waals surface area (Å²) in [6.07, 6.45) is 8.54. The van der Waals surface area contributed by atoms with Gasteiger partial charge in [-0.3, -0.25) is 0 Å². The van der Waals surface area contributed by atoms with Gasteiger partial charge in [-0.2, -0.15) is 0 Å². The second-order valence-electron chi connectivity index (χ2n) is 5.29. The highest BCUT2D eigenvalue weighted by Crippen LogP contribution is 2.40. The molecule has 2 nitrogen and oxygen atoms in total. The molecule has 0 saturated heterocycles. The fourth-order valence-corrected chi connectivity index (χ4v) is 4.33. The predicted octanol–water partition coefficient (Wildman–Crippen LogP) is 3.72. The van der Waals surface area contributed by atoms with Crippen LogP contribution in [0.2, 0.25) is 0 Å². The van der Waals surface area contributed by atoms with Gasteiger partial charge in [-0.15, -0.1) is 11.8 Å². The second-order valence-corrected chi connectivity index (χ2v) is 6.55. The number of thioether (sulfide) groups is 1. The van der Waals surface area contributed by atoms with Crippen LogP contribution < -0.4 is 5.73 Å². The summed E-state index contributed by atoms with van der Waals surface area (Å²) in [4.78, 5) is 4.43. The lowest BCUT2D eigenvalue weighted by Crippen LogP contribution is -2.32. The summed E-state index contributed by atoms with van der Waals surface area (Å²) in [6.45, 7) is 3.11. The molecule has 3 heteroatoms. The van der Waals surface area contributed by atoms with Gasteiger partial charge in [0.2, 0.25) is 0 Å². The smallest absolute Gasteiger partial charge is 0.0962 e. The van der Waals surface area contributed by atoms with E-state index in [0.29, 0.717) is 11.2 Å². The quantitative estimate of drug-likeness (QED) is 0.881. The molecule has 1 saturated carbocycles. The predicted molar refractivity (Wildman–Crippen MR) is 78.7 cm³/mol. The van der Waals surface area contributed by atoms with E-state index in [2.05, 4.69) is 24.0 Å². The highest BCUT2D eigenvalue weighted by Gasteiger charge is 2.30. The van der Waals surface area contributed by atoms with Crippen LogP contribution >= 0.6 is 11.8 Å². The molecule has 1 aliphatic carbocycles. The molecule has 1 aromatic heterocycles. The Hall–Kier alpha value is -0.540. The normalized spacial score (nSPS) is 28.2. The van der Waals surface area contributed by atoms with Crippen molar-refractivity contribution in [3.05, 3.63) is 24.4 Å². The number of hydrogen-bond acceptors (Lipinski definition) is 3. The lowest BCUT2D eigenvalue weighted by molar-refractivity contribution is 0.276. The zero-order chi connectivity index (χ0) is 12.8. The van der Waals surface area contributed by atoms with Gasteiger partial charge in [-0.25, -0.2) is 4.98 Å². The second kappa shape index (κ2) is 7.15. The molecule has 18 heavy (non-hydrogen) atoms. The van der Waals surface area contributed by atoms with Crippen molar-refractivity contribution >= 4 is 11.8 Å². The van der Waals surface area contributed by atoms with Gasteiger partial charge in [0.1, 0.15) is 0 Å². The van der Waals surface area contributed by atoms with E-state index in [0.717, 1.165) is 17.5 Å². The zero-order valence-corrected chi connectivity index (χ0v) is 12.0. The highest BCUT2D eigenvalue weighted by molar-refractivity contribution is 7.99. The lowest BCUT2D eigenvalue weighted by atomic mass is 9.80. The van der Waals surface area contributed by atoms with Crippen LogP contribution in [0.3, 0.4) is 0 Å².